The number of rotatable bonds is 3. The third-order valence-electron chi connectivity index (χ3n) is 4.56. The number of nitrogens with zero attached hydrogens (tertiary/aromatic N) is 3. The number of halogens is 1. The summed E-state index contributed by atoms with van der Waals surface area (Å²) in [4.78, 5) is 12.8. The summed E-state index contributed by atoms with van der Waals surface area (Å²) < 4.78 is 13.3. The van der Waals surface area contributed by atoms with E-state index in [0.29, 0.717) is 0 Å². The summed E-state index contributed by atoms with van der Waals surface area (Å²) >= 11 is 0. The number of anilines is 1. The summed E-state index contributed by atoms with van der Waals surface area (Å²) in [6.07, 6.45) is 1.08. The molecule has 0 aliphatic carbocycles. The summed E-state index contributed by atoms with van der Waals surface area (Å²) in [6, 6.07) is 15.0. The van der Waals surface area contributed by atoms with Gasteiger partial charge >= 0.3 is 0 Å². The molecule has 2 heterocycles. The molecule has 0 unspecified atom stereocenters. The third-order valence-corrected chi connectivity index (χ3v) is 4.56. The molecule has 1 aliphatic rings. The minimum atomic E-state index is -0.161. The lowest BCUT2D eigenvalue weighted by Gasteiger charge is -2.21. The highest BCUT2D eigenvalue weighted by atomic mass is 19.1. The lowest BCUT2D eigenvalue weighted by molar-refractivity contribution is 0.285. The minimum absolute atomic E-state index is 0.161. The Hall–Kier alpha value is -2.40. The van der Waals surface area contributed by atoms with E-state index in [1.807, 2.05) is 24.3 Å². The number of imidazole rings is 1. The van der Waals surface area contributed by atoms with Crippen LogP contribution in [0.2, 0.25) is 0 Å². The van der Waals surface area contributed by atoms with Gasteiger partial charge in [0.2, 0.25) is 5.95 Å². The SMILES string of the molecule is Fc1cccc(CN2CCCN(c3nc4ccccc4[nH]3)CC2)c1. The van der Waals surface area contributed by atoms with Crippen molar-refractivity contribution in [1.29, 1.82) is 0 Å². The predicted molar refractivity (Wildman–Crippen MR) is 94.6 cm³/mol. The number of hydrogen-bond donors (Lipinski definition) is 1. The van der Waals surface area contributed by atoms with E-state index in [2.05, 4.69) is 20.9 Å². The molecule has 0 atom stereocenters. The third kappa shape index (κ3) is 3.26. The van der Waals surface area contributed by atoms with Crippen LogP contribution in [0, 0.1) is 5.82 Å². The molecule has 4 nitrogen and oxygen atoms in total. The van der Waals surface area contributed by atoms with E-state index >= 15 is 0 Å². The van der Waals surface area contributed by atoms with Crippen LogP contribution in [0.4, 0.5) is 10.3 Å². The van der Waals surface area contributed by atoms with E-state index in [9.17, 15) is 4.39 Å². The van der Waals surface area contributed by atoms with Gasteiger partial charge in [0.15, 0.2) is 0 Å². The van der Waals surface area contributed by atoms with Crippen molar-refractivity contribution in [3.05, 3.63) is 59.9 Å². The van der Waals surface area contributed by atoms with E-state index in [1.54, 1.807) is 12.1 Å². The molecule has 0 spiro atoms. The zero-order valence-electron chi connectivity index (χ0n) is 13.6. The van der Waals surface area contributed by atoms with Gasteiger partial charge in [0, 0.05) is 32.7 Å². The van der Waals surface area contributed by atoms with Crippen molar-refractivity contribution in [2.24, 2.45) is 0 Å². The minimum Gasteiger partial charge on any atom is -0.341 e. The van der Waals surface area contributed by atoms with Crippen LogP contribution in [0.25, 0.3) is 11.0 Å². The maximum Gasteiger partial charge on any atom is 0.203 e. The quantitative estimate of drug-likeness (QED) is 0.802. The molecular formula is C19H21FN4. The highest BCUT2D eigenvalue weighted by Gasteiger charge is 2.17. The van der Waals surface area contributed by atoms with Crippen LogP contribution in [0.1, 0.15) is 12.0 Å². The average molecular weight is 324 g/mol. The molecule has 24 heavy (non-hydrogen) atoms. The van der Waals surface area contributed by atoms with Gasteiger partial charge in [0.1, 0.15) is 5.82 Å². The maximum absolute atomic E-state index is 13.3. The molecule has 0 amide bonds. The number of nitrogens with one attached hydrogen (secondary N) is 1. The van der Waals surface area contributed by atoms with Crippen molar-refractivity contribution in [3.63, 3.8) is 0 Å². The molecule has 1 fully saturated rings. The van der Waals surface area contributed by atoms with Crippen molar-refractivity contribution in [1.82, 2.24) is 14.9 Å². The van der Waals surface area contributed by atoms with Crippen LogP contribution in [-0.4, -0.2) is 41.0 Å². The van der Waals surface area contributed by atoms with Gasteiger partial charge in [-0.05, 0) is 36.2 Å². The Balaban J connectivity index is 1.44. The fourth-order valence-electron chi connectivity index (χ4n) is 3.32. The highest BCUT2D eigenvalue weighted by Crippen LogP contribution is 2.19. The average Bonchev–Trinajstić information content (AvgIpc) is 2.88. The van der Waals surface area contributed by atoms with Crippen molar-refractivity contribution < 1.29 is 4.39 Å². The first kappa shape index (κ1) is 15.1. The molecule has 0 radical (unpaired) electrons. The molecule has 3 aromatic rings. The van der Waals surface area contributed by atoms with E-state index in [0.717, 1.165) is 61.7 Å². The molecule has 1 aliphatic heterocycles. The second-order valence-electron chi connectivity index (χ2n) is 6.32. The summed E-state index contributed by atoms with van der Waals surface area (Å²) in [5.41, 5.74) is 3.12. The van der Waals surface area contributed by atoms with Crippen molar-refractivity contribution in [2.75, 3.05) is 31.1 Å². The maximum atomic E-state index is 13.3. The first-order chi connectivity index (χ1) is 11.8. The zero-order valence-corrected chi connectivity index (χ0v) is 13.6. The van der Waals surface area contributed by atoms with E-state index in [-0.39, 0.29) is 5.82 Å². The summed E-state index contributed by atoms with van der Waals surface area (Å²) in [5.74, 6) is 0.787. The monoisotopic (exact) mass is 324 g/mol. The van der Waals surface area contributed by atoms with Gasteiger partial charge in [-0.2, -0.15) is 0 Å². The fourth-order valence-corrected chi connectivity index (χ4v) is 3.32. The molecule has 5 heteroatoms. The number of aromatic nitrogens is 2. The predicted octanol–water partition coefficient (Wildman–Crippen LogP) is 3.41. The Morgan fingerprint density at radius 1 is 1.00 bits per heavy atom. The van der Waals surface area contributed by atoms with Crippen LogP contribution in [0.5, 0.6) is 0 Å². The standard InChI is InChI=1S/C19H21FN4/c20-16-6-3-5-15(13-16)14-23-9-4-10-24(12-11-23)19-21-17-7-1-2-8-18(17)22-19/h1-3,5-8,13H,4,9-12,14H2,(H,21,22). The molecule has 124 valence electrons. The molecule has 1 aromatic heterocycles. The Labute approximate surface area is 140 Å². The molecule has 0 saturated carbocycles. The lowest BCUT2D eigenvalue weighted by atomic mass is 10.2. The van der Waals surface area contributed by atoms with Crippen molar-refractivity contribution >= 4 is 17.0 Å². The zero-order chi connectivity index (χ0) is 16.4. The number of para-hydroxylation sites is 2. The highest BCUT2D eigenvalue weighted by molar-refractivity contribution is 5.77. The van der Waals surface area contributed by atoms with Gasteiger partial charge in [-0.15, -0.1) is 0 Å². The van der Waals surface area contributed by atoms with Gasteiger partial charge < -0.3 is 9.88 Å². The van der Waals surface area contributed by atoms with Gasteiger partial charge in [-0.25, -0.2) is 9.37 Å². The Kier molecular flexibility index (Phi) is 4.17. The van der Waals surface area contributed by atoms with Gasteiger partial charge in [-0.1, -0.05) is 24.3 Å². The van der Waals surface area contributed by atoms with E-state index in [1.165, 1.54) is 6.07 Å². The van der Waals surface area contributed by atoms with Crippen LogP contribution in [0.3, 0.4) is 0 Å². The Morgan fingerprint density at radius 3 is 2.79 bits per heavy atom. The van der Waals surface area contributed by atoms with Crippen LogP contribution in [-0.2, 0) is 6.54 Å². The molecule has 2 aromatic carbocycles. The summed E-state index contributed by atoms with van der Waals surface area (Å²) in [5, 5.41) is 0. The first-order valence-electron chi connectivity index (χ1n) is 8.44. The topological polar surface area (TPSA) is 35.2 Å². The number of benzene rings is 2. The number of aromatic amines is 1. The van der Waals surface area contributed by atoms with E-state index in [4.69, 9.17) is 4.98 Å². The lowest BCUT2D eigenvalue weighted by Crippen LogP contribution is -2.31. The molecule has 0 bridgehead atoms. The molecule has 4 rings (SSSR count). The fraction of sp³-hybridized carbons (Fsp3) is 0.316. The first-order valence-corrected chi connectivity index (χ1v) is 8.44. The van der Waals surface area contributed by atoms with Crippen LogP contribution < -0.4 is 4.90 Å². The number of H-pyrrole nitrogens is 1. The number of fused-ring (bicyclic) bond motifs is 1. The Morgan fingerprint density at radius 2 is 1.92 bits per heavy atom. The molecule has 1 saturated heterocycles. The normalized spacial score (nSPS) is 16.5. The van der Waals surface area contributed by atoms with Gasteiger partial charge in [-0.3, -0.25) is 4.90 Å². The smallest absolute Gasteiger partial charge is 0.203 e. The van der Waals surface area contributed by atoms with Crippen LogP contribution >= 0.6 is 0 Å². The largest absolute Gasteiger partial charge is 0.341 e. The Bertz CT molecular complexity index is 796. The van der Waals surface area contributed by atoms with Gasteiger partial charge in [0.25, 0.3) is 0 Å². The number of hydrogen-bond acceptors (Lipinski definition) is 3. The van der Waals surface area contributed by atoms with Crippen LogP contribution in [0.15, 0.2) is 48.5 Å². The van der Waals surface area contributed by atoms with Crippen molar-refractivity contribution in [2.45, 2.75) is 13.0 Å². The van der Waals surface area contributed by atoms with Crippen molar-refractivity contribution in [3.8, 4) is 0 Å². The van der Waals surface area contributed by atoms with E-state index < -0.39 is 0 Å². The molecule has 1 N–H and O–H groups in total. The second kappa shape index (κ2) is 6.61. The molecular weight excluding hydrogens is 303 g/mol. The van der Waals surface area contributed by atoms with Gasteiger partial charge in [0.05, 0.1) is 11.0 Å². The summed E-state index contributed by atoms with van der Waals surface area (Å²) in [7, 11) is 0. The summed E-state index contributed by atoms with van der Waals surface area (Å²) in [6.45, 7) is 4.68. The second-order valence-corrected chi connectivity index (χ2v) is 6.32.